The SMILES string of the molecule is C=C1CN(Sc2ccc(N(C)C)cc2)CCCN(CC2CCCCC2)CCCN(SN2CCN(c3ccc(Cl)cc3)CC2)C1. The number of hydrogen-bond donors (Lipinski definition) is 0. The highest BCUT2D eigenvalue weighted by Crippen LogP contribution is 2.29. The third-order valence-corrected chi connectivity index (χ3v) is 11.5. The van der Waals surface area contributed by atoms with Crippen LogP contribution in [0.4, 0.5) is 11.4 Å². The van der Waals surface area contributed by atoms with E-state index >= 15 is 0 Å². The average Bonchev–Trinajstić information content (AvgIpc) is 3.02. The Morgan fingerprint density at radius 1 is 0.727 bits per heavy atom. The normalized spacial score (nSPS) is 21.6. The second-order valence-corrected chi connectivity index (χ2v) is 15.7. The Morgan fingerprint density at radius 3 is 2.02 bits per heavy atom. The Hall–Kier alpha value is -1.39. The maximum atomic E-state index is 6.13. The zero-order chi connectivity index (χ0) is 30.7. The van der Waals surface area contributed by atoms with Crippen molar-refractivity contribution in [3.63, 3.8) is 0 Å². The molecule has 5 rings (SSSR count). The molecule has 0 N–H and O–H groups in total. The van der Waals surface area contributed by atoms with Crippen LogP contribution in [0, 0.1) is 5.92 Å². The molecule has 0 amide bonds. The van der Waals surface area contributed by atoms with E-state index in [4.69, 9.17) is 11.6 Å². The summed E-state index contributed by atoms with van der Waals surface area (Å²) in [4.78, 5) is 8.75. The lowest BCUT2D eigenvalue weighted by Crippen LogP contribution is -2.45. The Kier molecular flexibility index (Phi) is 13.5. The van der Waals surface area contributed by atoms with Crippen LogP contribution >= 0.6 is 35.7 Å². The maximum Gasteiger partial charge on any atom is 0.0407 e. The van der Waals surface area contributed by atoms with Crippen molar-refractivity contribution in [1.29, 1.82) is 0 Å². The molecule has 2 saturated heterocycles. The molecule has 3 aliphatic rings. The largest absolute Gasteiger partial charge is 0.378 e. The van der Waals surface area contributed by atoms with Crippen LogP contribution in [0.25, 0.3) is 0 Å². The second kappa shape index (κ2) is 17.5. The van der Waals surface area contributed by atoms with E-state index in [1.807, 2.05) is 36.2 Å². The summed E-state index contributed by atoms with van der Waals surface area (Å²) in [6, 6.07) is 17.3. The molecular weight excluding hydrogens is 604 g/mol. The lowest BCUT2D eigenvalue weighted by Gasteiger charge is -2.38. The Morgan fingerprint density at radius 2 is 1.36 bits per heavy atom. The monoisotopic (exact) mass is 656 g/mol. The summed E-state index contributed by atoms with van der Waals surface area (Å²) in [6.07, 6.45) is 9.55. The molecule has 6 nitrogen and oxygen atoms in total. The number of benzene rings is 2. The van der Waals surface area contributed by atoms with Gasteiger partial charge in [-0.2, -0.15) is 0 Å². The van der Waals surface area contributed by atoms with E-state index in [1.54, 1.807) is 0 Å². The molecule has 0 bridgehead atoms. The topological polar surface area (TPSA) is 19.4 Å². The Balaban J connectivity index is 1.21. The number of piperazine rings is 1. The summed E-state index contributed by atoms with van der Waals surface area (Å²) >= 11 is 9.98. The van der Waals surface area contributed by atoms with Gasteiger partial charge < -0.3 is 14.7 Å². The first-order chi connectivity index (χ1) is 21.4. The van der Waals surface area contributed by atoms with Gasteiger partial charge in [0.2, 0.25) is 0 Å². The van der Waals surface area contributed by atoms with Gasteiger partial charge in [0.05, 0.1) is 0 Å². The minimum atomic E-state index is 0.801. The first-order valence-corrected chi connectivity index (χ1v) is 18.6. The molecule has 2 heterocycles. The van der Waals surface area contributed by atoms with Gasteiger partial charge in [0, 0.05) is 106 Å². The van der Waals surface area contributed by atoms with Crippen molar-refractivity contribution in [3.05, 3.63) is 65.7 Å². The van der Waals surface area contributed by atoms with Crippen molar-refractivity contribution < 1.29 is 0 Å². The fourth-order valence-electron chi connectivity index (χ4n) is 6.62. The van der Waals surface area contributed by atoms with Crippen molar-refractivity contribution in [3.8, 4) is 0 Å². The third-order valence-electron chi connectivity index (χ3n) is 9.05. The lowest BCUT2D eigenvalue weighted by atomic mass is 9.89. The number of halogens is 1. The van der Waals surface area contributed by atoms with E-state index in [-0.39, 0.29) is 0 Å². The van der Waals surface area contributed by atoms with Crippen molar-refractivity contribution in [1.82, 2.24) is 17.8 Å². The van der Waals surface area contributed by atoms with E-state index in [2.05, 4.69) is 84.7 Å². The van der Waals surface area contributed by atoms with E-state index in [0.717, 1.165) is 63.3 Å². The van der Waals surface area contributed by atoms with Gasteiger partial charge in [-0.3, -0.25) is 0 Å². The second-order valence-electron chi connectivity index (χ2n) is 12.9. The highest BCUT2D eigenvalue weighted by Gasteiger charge is 2.23. The molecular formula is C35H53ClN6S2. The van der Waals surface area contributed by atoms with Gasteiger partial charge in [-0.15, -0.1) is 0 Å². The predicted molar refractivity (Wildman–Crippen MR) is 194 cm³/mol. The molecule has 0 radical (unpaired) electrons. The quantitative estimate of drug-likeness (QED) is 0.211. The van der Waals surface area contributed by atoms with Crippen LogP contribution in [0.15, 0.2) is 65.6 Å². The summed E-state index contributed by atoms with van der Waals surface area (Å²) in [6.45, 7) is 16.5. The summed E-state index contributed by atoms with van der Waals surface area (Å²) < 4.78 is 7.71. The van der Waals surface area contributed by atoms with Gasteiger partial charge in [-0.1, -0.05) is 37.4 Å². The van der Waals surface area contributed by atoms with Gasteiger partial charge in [0.15, 0.2) is 0 Å². The molecule has 1 aliphatic carbocycles. The minimum absolute atomic E-state index is 0.801. The molecule has 3 fully saturated rings. The van der Waals surface area contributed by atoms with E-state index < -0.39 is 0 Å². The van der Waals surface area contributed by atoms with Crippen molar-refractivity contribution >= 4 is 47.1 Å². The molecule has 2 aliphatic heterocycles. The standard InChI is InChI=1S/C35H53ClN6S2/c1-30-27-41(43-35-17-15-33(16-18-35)37(2)3)21-7-19-38(29-31-9-5-4-6-10-31)20-8-22-42(28-30)44-40-25-23-39(24-26-40)34-13-11-32(36)12-14-34/h11-18,31H,1,4-10,19-29H2,2-3H3. The average molecular weight is 657 g/mol. The highest BCUT2D eigenvalue weighted by atomic mass is 35.5. The maximum absolute atomic E-state index is 6.13. The molecule has 0 unspecified atom stereocenters. The van der Waals surface area contributed by atoms with Crippen LogP contribution in [-0.2, 0) is 0 Å². The number of anilines is 2. The summed E-state index contributed by atoms with van der Waals surface area (Å²) in [7, 11) is 4.20. The van der Waals surface area contributed by atoms with Crippen molar-refractivity contribution in [2.24, 2.45) is 5.92 Å². The molecule has 242 valence electrons. The van der Waals surface area contributed by atoms with Crippen LogP contribution in [0.5, 0.6) is 0 Å². The fraction of sp³-hybridized carbons (Fsp3) is 0.600. The number of nitrogens with zero attached hydrogens (tertiary/aromatic N) is 6. The smallest absolute Gasteiger partial charge is 0.0407 e. The predicted octanol–water partition coefficient (Wildman–Crippen LogP) is 7.63. The van der Waals surface area contributed by atoms with Gasteiger partial charge in [0.25, 0.3) is 0 Å². The lowest BCUT2D eigenvalue weighted by molar-refractivity contribution is 0.189. The molecule has 0 aromatic heterocycles. The summed E-state index contributed by atoms with van der Waals surface area (Å²) in [5.74, 6) is 0.888. The van der Waals surface area contributed by atoms with Crippen molar-refractivity contribution in [2.75, 3.05) is 95.9 Å². The van der Waals surface area contributed by atoms with Gasteiger partial charge in [0.1, 0.15) is 0 Å². The van der Waals surface area contributed by atoms with Crippen LogP contribution in [0.3, 0.4) is 0 Å². The molecule has 0 spiro atoms. The number of rotatable bonds is 8. The Bertz CT molecular complexity index is 1130. The van der Waals surface area contributed by atoms with Crippen LogP contribution in [0.1, 0.15) is 44.9 Å². The number of hydrogen-bond acceptors (Lipinski definition) is 8. The van der Waals surface area contributed by atoms with Gasteiger partial charge in [-0.05, 0) is 111 Å². The van der Waals surface area contributed by atoms with E-state index in [9.17, 15) is 0 Å². The van der Waals surface area contributed by atoms with E-state index in [1.165, 1.54) is 86.4 Å². The molecule has 0 atom stereocenters. The van der Waals surface area contributed by atoms with Crippen LogP contribution in [-0.4, -0.2) is 104 Å². The zero-order valence-corrected chi connectivity index (χ0v) is 29.4. The molecule has 2 aromatic rings. The fourth-order valence-corrected chi connectivity index (χ4v) is 8.88. The molecule has 1 saturated carbocycles. The molecule has 2 aromatic carbocycles. The van der Waals surface area contributed by atoms with Gasteiger partial charge in [-0.25, -0.2) is 12.9 Å². The highest BCUT2D eigenvalue weighted by molar-refractivity contribution is 7.97. The van der Waals surface area contributed by atoms with E-state index in [0.29, 0.717) is 0 Å². The van der Waals surface area contributed by atoms with Gasteiger partial charge >= 0.3 is 0 Å². The third kappa shape index (κ3) is 10.9. The minimum Gasteiger partial charge on any atom is -0.378 e. The zero-order valence-electron chi connectivity index (χ0n) is 27.0. The molecule has 9 heteroatoms. The first kappa shape index (κ1) is 34.0. The summed E-state index contributed by atoms with van der Waals surface area (Å²) in [5.41, 5.74) is 3.81. The van der Waals surface area contributed by atoms with Crippen molar-refractivity contribution in [2.45, 2.75) is 49.8 Å². The molecule has 44 heavy (non-hydrogen) atoms. The summed E-state index contributed by atoms with van der Waals surface area (Å²) in [5, 5.41) is 0.801. The van der Waals surface area contributed by atoms with Crippen LogP contribution in [0.2, 0.25) is 5.02 Å². The van der Waals surface area contributed by atoms with Crippen LogP contribution < -0.4 is 9.80 Å². The first-order valence-electron chi connectivity index (χ1n) is 16.7. The Labute approximate surface area is 281 Å².